The van der Waals surface area contributed by atoms with Crippen LogP contribution >= 0.6 is 0 Å². The molecule has 1 aromatic heterocycles. The lowest BCUT2D eigenvalue weighted by molar-refractivity contribution is 0.611. The topological polar surface area (TPSA) is 13.1 Å². The summed E-state index contributed by atoms with van der Waals surface area (Å²) in [7, 11) is 0. The van der Waals surface area contributed by atoms with Crippen LogP contribution in [-0.4, -0.2) is 0 Å². The summed E-state index contributed by atoms with van der Waals surface area (Å²) in [5.74, 6) is 0.688. The Balaban J connectivity index is 0.000000143. The van der Waals surface area contributed by atoms with E-state index in [1.807, 2.05) is 24.5 Å². The van der Waals surface area contributed by atoms with E-state index in [2.05, 4.69) is 45.0 Å². The molecule has 1 aliphatic carbocycles. The Hall–Kier alpha value is -2.02. The van der Waals surface area contributed by atoms with Crippen molar-refractivity contribution < 1.29 is 4.42 Å². The second-order valence-electron chi connectivity index (χ2n) is 6.96. The highest BCUT2D eigenvalue weighted by molar-refractivity contribution is 5.80. The molecular weight excluding hydrogens is 292 g/mol. The molecule has 0 N–H and O–H groups in total. The summed E-state index contributed by atoms with van der Waals surface area (Å²) in [5, 5.41) is 1.25. The first-order valence-electron chi connectivity index (χ1n) is 9.26. The zero-order valence-electron chi connectivity index (χ0n) is 15.1. The normalized spacial score (nSPS) is 13.5. The van der Waals surface area contributed by atoms with Gasteiger partial charge in [-0.15, -0.1) is 0 Å². The lowest BCUT2D eigenvalue weighted by atomic mass is 9.85. The van der Waals surface area contributed by atoms with Crippen molar-refractivity contribution in [3.05, 3.63) is 71.0 Å². The minimum absolute atomic E-state index is 0.688. The number of benzene rings is 2. The highest BCUT2D eigenvalue weighted by Crippen LogP contribution is 2.28. The SMILES string of the molecule is CC(C)c1cccc2c1CCCC2.CCc1coc2ccccc12. The number of para-hydroxylation sites is 1. The van der Waals surface area contributed by atoms with Gasteiger partial charge in [0.05, 0.1) is 6.26 Å². The summed E-state index contributed by atoms with van der Waals surface area (Å²) in [6, 6.07) is 14.9. The van der Waals surface area contributed by atoms with Crippen molar-refractivity contribution in [2.24, 2.45) is 0 Å². The van der Waals surface area contributed by atoms with Gasteiger partial charge >= 0.3 is 0 Å². The Labute approximate surface area is 145 Å². The fourth-order valence-electron chi connectivity index (χ4n) is 3.66. The van der Waals surface area contributed by atoms with Crippen molar-refractivity contribution in [1.82, 2.24) is 0 Å². The maximum atomic E-state index is 5.34. The van der Waals surface area contributed by atoms with Crippen LogP contribution < -0.4 is 0 Å². The minimum Gasteiger partial charge on any atom is -0.464 e. The van der Waals surface area contributed by atoms with Crippen molar-refractivity contribution in [3.63, 3.8) is 0 Å². The van der Waals surface area contributed by atoms with Gasteiger partial charge in [0.1, 0.15) is 5.58 Å². The van der Waals surface area contributed by atoms with Crippen LogP contribution in [0.25, 0.3) is 11.0 Å². The summed E-state index contributed by atoms with van der Waals surface area (Å²) in [6.45, 7) is 6.73. The van der Waals surface area contributed by atoms with Gasteiger partial charge in [-0.3, -0.25) is 0 Å². The van der Waals surface area contributed by atoms with Gasteiger partial charge in [-0.25, -0.2) is 0 Å². The van der Waals surface area contributed by atoms with Crippen molar-refractivity contribution in [3.8, 4) is 0 Å². The summed E-state index contributed by atoms with van der Waals surface area (Å²) < 4.78 is 5.34. The lowest BCUT2D eigenvalue weighted by Gasteiger charge is -2.21. The standard InChI is InChI=1S/C13H18.C10H10O/c1-10(2)12-9-5-7-11-6-3-4-8-13(11)12;1-2-8-7-11-10-6-4-3-5-9(8)10/h5,7,9-10H,3-4,6,8H2,1-2H3;3-7H,2H2,1H3. The smallest absolute Gasteiger partial charge is 0.134 e. The van der Waals surface area contributed by atoms with Gasteiger partial charge < -0.3 is 4.42 Å². The fourth-order valence-corrected chi connectivity index (χ4v) is 3.66. The van der Waals surface area contributed by atoms with Crippen LogP contribution in [-0.2, 0) is 19.3 Å². The van der Waals surface area contributed by atoms with Crippen molar-refractivity contribution in [2.75, 3.05) is 0 Å². The highest BCUT2D eigenvalue weighted by Gasteiger charge is 2.13. The molecular formula is C23H28O. The molecule has 0 aliphatic heterocycles. The molecule has 0 saturated carbocycles. The van der Waals surface area contributed by atoms with Crippen LogP contribution in [0.1, 0.15) is 61.8 Å². The average Bonchev–Trinajstić information content (AvgIpc) is 3.05. The first kappa shape index (κ1) is 16.8. The molecule has 0 atom stereocenters. The van der Waals surface area contributed by atoms with Crippen molar-refractivity contribution in [2.45, 2.75) is 58.8 Å². The molecule has 0 amide bonds. The number of furan rings is 1. The summed E-state index contributed by atoms with van der Waals surface area (Å²) in [4.78, 5) is 0. The first-order chi connectivity index (χ1) is 11.7. The van der Waals surface area contributed by atoms with E-state index >= 15 is 0 Å². The second kappa shape index (κ2) is 7.70. The van der Waals surface area contributed by atoms with E-state index in [0.29, 0.717) is 5.92 Å². The molecule has 1 heteroatoms. The number of fused-ring (bicyclic) bond motifs is 2. The molecule has 0 unspecified atom stereocenters. The van der Waals surface area contributed by atoms with E-state index in [9.17, 15) is 0 Å². The molecule has 3 aromatic rings. The third-order valence-electron chi connectivity index (χ3n) is 5.00. The van der Waals surface area contributed by atoms with Crippen LogP contribution in [0.2, 0.25) is 0 Å². The third-order valence-corrected chi connectivity index (χ3v) is 5.00. The molecule has 126 valence electrons. The largest absolute Gasteiger partial charge is 0.464 e. The Morgan fingerprint density at radius 3 is 2.54 bits per heavy atom. The van der Waals surface area contributed by atoms with Gasteiger partial charge in [0.25, 0.3) is 0 Å². The quantitative estimate of drug-likeness (QED) is 0.513. The van der Waals surface area contributed by atoms with Crippen LogP contribution in [0.4, 0.5) is 0 Å². The third kappa shape index (κ3) is 3.56. The fraction of sp³-hybridized carbons (Fsp3) is 0.391. The van der Waals surface area contributed by atoms with Crippen LogP contribution in [0.5, 0.6) is 0 Å². The molecule has 24 heavy (non-hydrogen) atoms. The molecule has 0 spiro atoms. The van der Waals surface area contributed by atoms with E-state index in [1.54, 1.807) is 16.7 Å². The molecule has 0 radical (unpaired) electrons. The predicted molar refractivity (Wildman–Crippen MR) is 103 cm³/mol. The number of hydrogen-bond acceptors (Lipinski definition) is 1. The van der Waals surface area contributed by atoms with E-state index in [1.165, 1.54) is 36.6 Å². The Bertz CT molecular complexity index is 795. The van der Waals surface area contributed by atoms with E-state index in [0.717, 1.165) is 12.0 Å². The van der Waals surface area contributed by atoms with E-state index in [4.69, 9.17) is 4.42 Å². The van der Waals surface area contributed by atoms with Crippen molar-refractivity contribution in [1.29, 1.82) is 0 Å². The highest BCUT2D eigenvalue weighted by atomic mass is 16.3. The van der Waals surface area contributed by atoms with Gasteiger partial charge in [-0.05, 0) is 66.3 Å². The maximum absolute atomic E-state index is 5.34. The van der Waals surface area contributed by atoms with Crippen LogP contribution in [0.3, 0.4) is 0 Å². The number of hydrogen-bond donors (Lipinski definition) is 0. The first-order valence-corrected chi connectivity index (χ1v) is 9.26. The zero-order valence-corrected chi connectivity index (χ0v) is 15.1. The monoisotopic (exact) mass is 320 g/mol. The van der Waals surface area contributed by atoms with Gasteiger partial charge in [0.15, 0.2) is 0 Å². The van der Waals surface area contributed by atoms with E-state index < -0.39 is 0 Å². The lowest BCUT2D eigenvalue weighted by Crippen LogP contribution is -2.06. The second-order valence-corrected chi connectivity index (χ2v) is 6.96. The number of aryl methyl sites for hydroxylation is 2. The molecule has 0 bridgehead atoms. The molecule has 1 aliphatic rings. The molecule has 2 aromatic carbocycles. The van der Waals surface area contributed by atoms with Crippen molar-refractivity contribution >= 4 is 11.0 Å². The molecule has 4 rings (SSSR count). The number of rotatable bonds is 2. The van der Waals surface area contributed by atoms with E-state index in [-0.39, 0.29) is 0 Å². The summed E-state index contributed by atoms with van der Waals surface area (Å²) >= 11 is 0. The van der Waals surface area contributed by atoms with Gasteiger partial charge in [-0.1, -0.05) is 57.2 Å². The molecule has 1 heterocycles. The molecule has 0 saturated heterocycles. The zero-order chi connectivity index (χ0) is 16.9. The predicted octanol–water partition coefficient (Wildman–Crippen LogP) is 6.68. The van der Waals surface area contributed by atoms with Gasteiger partial charge in [0, 0.05) is 5.39 Å². The molecule has 1 nitrogen and oxygen atoms in total. The van der Waals surface area contributed by atoms with Crippen LogP contribution in [0, 0.1) is 0 Å². The molecule has 0 fully saturated rings. The maximum Gasteiger partial charge on any atom is 0.134 e. The van der Waals surface area contributed by atoms with Gasteiger partial charge in [-0.2, -0.15) is 0 Å². The Kier molecular flexibility index (Phi) is 5.40. The Morgan fingerprint density at radius 2 is 1.75 bits per heavy atom. The summed E-state index contributed by atoms with van der Waals surface area (Å²) in [6.07, 6.45) is 8.26. The van der Waals surface area contributed by atoms with Gasteiger partial charge in [0.2, 0.25) is 0 Å². The van der Waals surface area contributed by atoms with Crippen LogP contribution in [0.15, 0.2) is 53.1 Å². The summed E-state index contributed by atoms with van der Waals surface area (Å²) in [5.41, 5.74) is 7.13. The Morgan fingerprint density at radius 1 is 0.958 bits per heavy atom. The minimum atomic E-state index is 0.688. The average molecular weight is 320 g/mol.